The highest BCUT2D eigenvalue weighted by atomic mass is 35.5. The standard InChI is InChI=1S/C24H19ClN2O5/c1-32-19-10-7-15(12-18(19)25)22(29)20-21(14-5-8-17(28)9-6-14)27(24(31)23(20)30)13-16-4-2-3-11-26-16/h2-12,21,28-29H,13H2,1H3/b22-20-. The van der Waals surface area contributed by atoms with E-state index in [1.54, 1.807) is 48.7 Å². The number of Topliss-reactive ketones (excluding diaryl/α,β-unsaturated/α-hetero) is 1. The molecule has 7 nitrogen and oxygen atoms in total. The normalized spacial score (nSPS) is 17.6. The molecular formula is C24H19ClN2O5. The molecule has 32 heavy (non-hydrogen) atoms. The largest absolute Gasteiger partial charge is 0.508 e. The highest BCUT2D eigenvalue weighted by molar-refractivity contribution is 6.46. The van der Waals surface area contributed by atoms with E-state index in [0.717, 1.165) is 0 Å². The lowest BCUT2D eigenvalue weighted by Gasteiger charge is -2.25. The number of nitrogens with zero attached hydrogens (tertiary/aromatic N) is 2. The van der Waals surface area contributed by atoms with Crippen molar-refractivity contribution in [1.82, 2.24) is 9.88 Å². The highest BCUT2D eigenvalue weighted by Crippen LogP contribution is 2.41. The Hall–Kier alpha value is -3.84. The smallest absolute Gasteiger partial charge is 0.296 e. The van der Waals surface area contributed by atoms with Crippen molar-refractivity contribution in [2.45, 2.75) is 12.6 Å². The number of likely N-dealkylation sites (tertiary alicyclic amines) is 1. The highest BCUT2D eigenvalue weighted by Gasteiger charge is 2.46. The van der Waals surface area contributed by atoms with Gasteiger partial charge >= 0.3 is 0 Å². The molecule has 162 valence electrons. The molecule has 1 aliphatic heterocycles. The van der Waals surface area contributed by atoms with E-state index < -0.39 is 17.7 Å². The van der Waals surface area contributed by atoms with E-state index in [-0.39, 0.29) is 34.2 Å². The van der Waals surface area contributed by atoms with Gasteiger partial charge in [0.1, 0.15) is 17.3 Å². The van der Waals surface area contributed by atoms with Crippen molar-refractivity contribution in [1.29, 1.82) is 0 Å². The Morgan fingerprint density at radius 2 is 1.88 bits per heavy atom. The summed E-state index contributed by atoms with van der Waals surface area (Å²) in [6.07, 6.45) is 1.60. The molecule has 1 amide bonds. The first-order chi connectivity index (χ1) is 15.4. The van der Waals surface area contributed by atoms with E-state index in [9.17, 15) is 19.8 Å². The molecule has 0 aliphatic carbocycles. The predicted molar refractivity (Wildman–Crippen MR) is 118 cm³/mol. The summed E-state index contributed by atoms with van der Waals surface area (Å²) >= 11 is 6.20. The van der Waals surface area contributed by atoms with Crippen LogP contribution >= 0.6 is 11.6 Å². The lowest BCUT2D eigenvalue weighted by atomic mass is 9.95. The van der Waals surface area contributed by atoms with Crippen LogP contribution in [0.1, 0.15) is 22.9 Å². The van der Waals surface area contributed by atoms with Crippen LogP contribution in [0.25, 0.3) is 5.76 Å². The Kier molecular flexibility index (Phi) is 5.83. The number of hydrogen-bond donors (Lipinski definition) is 2. The van der Waals surface area contributed by atoms with Crippen LogP contribution in [0.3, 0.4) is 0 Å². The summed E-state index contributed by atoms with van der Waals surface area (Å²) in [5.74, 6) is -1.47. The number of ether oxygens (including phenoxy) is 1. The van der Waals surface area contributed by atoms with Crippen LogP contribution in [-0.2, 0) is 16.1 Å². The number of carbonyl (C=O) groups is 2. The maximum Gasteiger partial charge on any atom is 0.296 e. The number of rotatable bonds is 5. The quantitative estimate of drug-likeness (QED) is 0.345. The first-order valence-corrected chi connectivity index (χ1v) is 10.1. The van der Waals surface area contributed by atoms with Crippen LogP contribution < -0.4 is 4.74 Å². The second kappa shape index (κ2) is 8.72. The summed E-state index contributed by atoms with van der Waals surface area (Å²) < 4.78 is 5.14. The van der Waals surface area contributed by atoms with Gasteiger partial charge < -0.3 is 19.8 Å². The molecule has 1 fully saturated rings. The molecule has 2 heterocycles. The van der Waals surface area contributed by atoms with Crippen molar-refractivity contribution in [3.05, 3.63) is 94.3 Å². The molecule has 1 atom stereocenters. The van der Waals surface area contributed by atoms with Crippen LogP contribution in [0.15, 0.2) is 72.4 Å². The number of pyridine rings is 1. The van der Waals surface area contributed by atoms with E-state index in [2.05, 4.69) is 4.98 Å². The molecule has 1 aromatic heterocycles. The van der Waals surface area contributed by atoms with Gasteiger partial charge in [-0.15, -0.1) is 0 Å². The summed E-state index contributed by atoms with van der Waals surface area (Å²) in [6, 6.07) is 15.1. The van der Waals surface area contributed by atoms with Gasteiger partial charge in [-0.25, -0.2) is 0 Å². The van der Waals surface area contributed by atoms with Crippen LogP contribution in [0.2, 0.25) is 5.02 Å². The Labute approximate surface area is 189 Å². The Balaban J connectivity index is 1.86. The van der Waals surface area contributed by atoms with E-state index in [4.69, 9.17) is 16.3 Å². The number of benzene rings is 2. The van der Waals surface area contributed by atoms with Gasteiger partial charge in [0, 0.05) is 11.8 Å². The zero-order valence-corrected chi connectivity index (χ0v) is 17.8. The zero-order valence-electron chi connectivity index (χ0n) is 17.0. The first kappa shape index (κ1) is 21.4. The maximum absolute atomic E-state index is 13.0. The van der Waals surface area contributed by atoms with E-state index in [1.807, 2.05) is 0 Å². The van der Waals surface area contributed by atoms with E-state index in [0.29, 0.717) is 17.0 Å². The Morgan fingerprint density at radius 3 is 2.50 bits per heavy atom. The van der Waals surface area contributed by atoms with Gasteiger partial charge in [0.25, 0.3) is 11.7 Å². The van der Waals surface area contributed by atoms with Crippen LogP contribution in [-0.4, -0.2) is 38.9 Å². The maximum atomic E-state index is 13.0. The van der Waals surface area contributed by atoms with Crippen molar-refractivity contribution in [3.63, 3.8) is 0 Å². The third-order valence-corrected chi connectivity index (χ3v) is 5.53. The van der Waals surface area contributed by atoms with Crippen molar-refractivity contribution in [3.8, 4) is 11.5 Å². The number of phenolic OH excluding ortho intramolecular Hbond substituents is 1. The average Bonchev–Trinajstić information content (AvgIpc) is 3.04. The van der Waals surface area contributed by atoms with Gasteiger partial charge in [0.2, 0.25) is 0 Å². The second-order valence-electron chi connectivity index (χ2n) is 7.19. The van der Waals surface area contributed by atoms with Gasteiger partial charge in [-0.05, 0) is 48.0 Å². The number of carbonyl (C=O) groups excluding carboxylic acids is 2. The molecular weight excluding hydrogens is 432 g/mol. The number of hydrogen-bond acceptors (Lipinski definition) is 6. The molecule has 8 heteroatoms. The molecule has 0 radical (unpaired) electrons. The van der Waals surface area contributed by atoms with Crippen molar-refractivity contribution in [2.24, 2.45) is 0 Å². The third kappa shape index (κ3) is 3.90. The zero-order chi connectivity index (χ0) is 22.8. The molecule has 4 rings (SSSR count). The monoisotopic (exact) mass is 450 g/mol. The van der Waals surface area contributed by atoms with Gasteiger partial charge in [-0.3, -0.25) is 14.6 Å². The molecule has 1 unspecified atom stereocenters. The number of phenols is 1. The first-order valence-electron chi connectivity index (χ1n) is 9.72. The average molecular weight is 451 g/mol. The number of ketones is 1. The fourth-order valence-electron chi connectivity index (χ4n) is 3.68. The lowest BCUT2D eigenvalue weighted by molar-refractivity contribution is -0.140. The van der Waals surface area contributed by atoms with Crippen molar-refractivity contribution >= 4 is 29.1 Å². The number of halogens is 1. The Bertz CT molecular complexity index is 1210. The van der Waals surface area contributed by atoms with Crippen LogP contribution in [0.5, 0.6) is 11.5 Å². The fraction of sp³-hybridized carbons (Fsp3) is 0.125. The fourth-order valence-corrected chi connectivity index (χ4v) is 3.94. The number of methoxy groups -OCH3 is 1. The van der Waals surface area contributed by atoms with E-state index >= 15 is 0 Å². The molecule has 2 N–H and O–H groups in total. The molecule has 3 aromatic rings. The lowest BCUT2D eigenvalue weighted by Crippen LogP contribution is -2.29. The summed E-state index contributed by atoms with van der Waals surface area (Å²) in [7, 11) is 1.47. The SMILES string of the molecule is COc1ccc(/C(O)=C2/C(=O)C(=O)N(Cc3ccccn3)C2c2ccc(O)cc2)cc1Cl. The minimum absolute atomic E-state index is 0.0392. The second-order valence-corrected chi connectivity index (χ2v) is 7.60. The number of aliphatic hydroxyl groups is 1. The molecule has 0 saturated carbocycles. The molecule has 2 aromatic carbocycles. The van der Waals surface area contributed by atoms with Crippen molar-refractivity contribution < 1.29 is 24.5 Å². The number of aromatic nitrogens is 1. The van der Waals surface area contributed by atoms with Crippen molar-refractivity contribution in [2.75, 3.05) is 7.11 Å². The minimum Gasteiger partial charge on any atom is -0.508 e. The molecule has 1 saturated heterocycles. The summed E-state index contributed by atoms with van der Waals surface area (Å²) in [4.78, 5) is 31.6. The van der Waals surface area contributed by atoms with Crippen LogP contribution in [0, 0.1) is 0 Å². The predicted octanol–water partition coefficient (Wildman–Crippen LogP) is 4.07. The molecule has 1 aliphatic rings. The topological polar surface area (TPSA) is 100.0 Å². The number of amides is 1. The minimum atomic E-state index is -0.876. The summed E-state index contributed by atoms with van der Waals surface area (Å²) in [5.41, 5.74) is 1.35. The summed E-state index contributed by atoms with van der Waals surface area (Å²) in [5, 5.41) is 21.0. The summed E-state index contributed by atoms with van der Waals surface area (Å²) in [6.45, 7) is 0.0666. The Morgan fingerprint density at radius 1 is 1.12 bits per heavy atom. The number of aromatic hydroxyl groups is 1. The van der Waals surface area contributed by atoms with Gasteiger partial charge in [-0.1, -0.05) is 29.8 Å². The number of aliphatic hydroxyl groups excluding tert-OH is 1. The molecule has 0 spiro atoms. The van der Waals surface area contributed by atoms with Gasteiger partial charge in [-0.2, -0.15) is 0 Å². The van der Waals surface area contributed by atoms with Gasteiger partial charge in [0.05, 0.1) is 36.0 Å². The van der Waals surface area contributed by atoms with Gasteiger partial charge in [0.15, 0.2) is 0 Å². The molecule has 0 bridgehead atoms. The van der Waals surface area contributed by atoms with Crippen LogP contribution in [0.4, 0.5) is 0 Å². The third-order valence-electron chi connectivity index (χ3n) is 5.23. The van der Waals surface area contributed by atoms with E-state index in [1.165, 1.54) is 30.2 Å².